The quantitative estimate of drug-likeness (QED) is 0.557. The molecule has 0 heterocycles. The highest BCUT2D eigenvalue weighted by molar-refractivity contribution is 5.99. The SMILES string of the molecule is CC/C=C/CC1=C(C)CCC1=O.CC/C=C/CC1=C(C)CCC1=O. The molecule has 0 aromatic heterocycles. The number of carbonyl (C=O) groups excluding carboxylic acids is 2. The summed E-state index contributed by atoms with van der Waals surface area (Å²) in [7, 11) is 0. The van der Waals surface area contributed by atoms with Crippen LogP contribution in [0, 0.1) is 0 Å². The fourth-order valence-electron chi connectivity index (χ4n) is 2.99. The third kappa shape index (κ3) is 6.43. The predicted octanol–water partition coefficient (Wildman–Crippen LogP) is 6.04. The summed E-state index contributed by atoms with van der Waals surface area (Å²) in [5, 5.41) is 0. The molecule has 2 rings (SSSR count). The zero-order chi connectivity index (χ0) is 17.9. The summed E-state index contributed by atoms with van der Waals surface area (Å²) < 4.78 is 0. The molecule has 0 spiro atoms. The monoisotopic (exact) mass is 328 g/mol. The van der Waals surface area contributed by atoms with Crippen molar-refractivity contribution in [1.29, 1.82) is 0 Å². The van der Waals surface area contributed by atoms with Gasteiger partial charge in [0, 0.05) is 12.8 Å². The predicted molar refractivity (Wildman–Crippen MR) is 102 cm³/mol. The maximum Gasteiger partial charge on any atom is 0.159 e. The van der Waals surface area contributed by atoms with Crippen LogP contribution >= 0.6 is 0 Å². The van der Waals surface area contributed by atoms with Crippen LogP contribution in [-0.2, 0) is 9.59 Å². The normalized spacial score (nSPS) is 18.3. The highest BCUT2D eigenvalue weighted by atomic mass is 16.1. The van der Waals surface area contributed by atoms with E-state index >= 15 is 0 Å². The molecule has 0 unspecified atom stereocenters. The van der Waals surface area contributed by atoms with E-state index in [9.17, 15) is 9.59 Å². The van der Waals surface area contributed by atoms with E-state index in [0.717, 1.165) is 62.5 Å². The van der Waals surface area contributed by atoms with Gasteiger partial charge in [0.05, 0.1) is 0 Å². The molecule has 2 aliphatic carbocycles. The van der Waals surface area contributed by atoms with Crippen LogP contribution in [0.1, 0.15) is 79.1 Å². The Morgan fingerprint density at radius 1 is 0.667 bits per heavy atom. The molecule has 0 aromatic carbocycles. The van der Waals surface area contributed by atoms with Crippen molar-refractivity contribution in [3.63, 3.8) is 0 Å². The second kappa shape index (κ2) is 11.0. The lowest BCUT2D eigenvalue weighted by Gasteiger charge is -1.96. The zero-order valence-electron chi connectivity index (χ0n) is 15.8. The number of hydrogen-bond acceptors (Lipinski definition) is 2. The lowest BCUT2D eigenvalue weighted by atomic mass is 10.1. The topological polar surface area (TPSA) is 34.1 Å². The van der Waals surface area contributed by atoms with E-state index in [-0.39, 0.29) is 0 Å². The molecular weight excluding hydrogens is 296 g/mol. The van der Waals surface area contributed by atoms with Crippen molar-refractivity contribution in [3.8, 4) is 0 Å². The van der Waals surface area contributed by atoms with Crippen LogP contribution < -0.4 is 0 Å². The fourth-order valence-corrected chi connectivity index (χ4v) is 2.99. The number of allylic oxidation sites excluding steroid dienone is 8. The van der Waals surface area contributed by atoms with Crippen LogP contribution in [0.25, 0.3) is 0 Å². The molecule has 0 saturated carbocycles. The first-order chi connectivity index (χ1) is 11.5. The third-order valence-electron chi connectivity index (χ3n) is 4.61. The summed E-state index contributed by atoms with van der Waals surface area (Å²) in [6.45, 7) is 8.35. The van der Waals surface area contributed by atoms with Gasteiger partial charge in [-0.3, -0.25) is 9.59 Å². The Balaban J connectivity index is 0.000000240. The molecule has 0 aliphatic heterocycles. The average Bonchev–Trinajstić information content (AvgIpc) is 3.05. The Hall–Kier alpha value is -1.70. The molecule has 0 saturated heterocycles. The number of rotatable bonds is 6. The minimum absolute atomic E-state index is 0.355. The molecule has 24 heavy (non-hydrogen) atoms. The summed E-state index contributed by atoms with van der Waals surface area (Å²) in [6, 6.07) is 0. The molecule has 2 nitrogen and oxygen atoms in total. The minimum atomic E-state index is 0.355. The van der Waals surface area contributed by atoms with Crippen molar-refractivity contribution < 1.29 is 9.59 Å². The van der Waals surface area contributed by atoms with Crippen LogP contribution in [0.2, 0.25) is 0 Å². The first kappa shape index (κ1) is 20.3. The van der Waals surface area contributed by atoms with E-state index in [2.05, 4.69) is 52.0 Å². The number of Topliss-reactive ketones (excluding diaryl/α,β-unsaturated/α-hetero) is 2. The van der Waals surface area contributed by atoms with Gasteiger partial charge in [0.15, 0.2) is 11.6 Å². The van der Waals surface area contributed by atoms with Gasteiger partial charge in [-0.15, -0.1) is 0 Å². The van der Waals surface area contributed by atoms with Gasteiger partial charge in [-0.1, -0.05) is 49.3 Å². The highest BCUT2D eigenvalue weighted by Gasteiger charge is 2.18. The van der Waals surface area contributed by atoms with Gasteiger partial charge < -0.3 is 0 Å². The van der Waals surface area contributed by atoms with Gasteiger partial charge in [0.2, 0.25) is 0 Å². The molecule has 0 fully saturated rings. The highest BCUT2D eigenvalue weighted by Crippen LogP contribution is 2.25. The van der Waals surface area contributed by atoms with E-state index < -0.39 is 0 Å². The van der Waals surface area contributed by atoms with Crippen molar-refractivity contribution >= 4 is 11.6 Å². The number of hydrogen-bond donors (Lipinski definition) is 0. The van der Waals surface area contributed by atoms with Gasteiger partial charge >= 0.3 is 0 Å². The van der Waals surface area contributed by atoms with Crippen molar-refractivity contribution in [2.24, 2.45) is 0 Å². The van der Waals surface area contributed by atoms with Crippen LogP contribution in [0.15, 0.2) is 46.6 Å². The van der Waals surface area contributed by atoms with E-state index in [1.165, 1.54) is 11.1 Å². The van der Waals surface area contributed by atoms with E-state index in [1.807, 2.05) is 0 Å². The van der Waals surface area contributed by atoms with Gasteiger partial charge in [0.25, 0.3) is 0 Å². The van der Waals surface area contributed by atoms with Crippen LogP contribution in [0.4, 0.5) is 0 Å². The van der Waals surface area contributed by atoms with Crippen LogP contribution in [-0.4, -0.2) is 11.6 Å². The second-order valence-electron chi connectivity index (χ2n) is 6.53. The summed E-state index contributed by atoms with van der Waals surface area (Å²) in [4.78, 5) is 22.6. The summed E-state index contributed by atoms with van der Waals surface area (Å²) in [5.41, 5.74) is 4.70. The Morgan fingerprint density at radius 2 is 1.04 bits per heavy atom. The average molecular weight is 328 g/mol. The lowest BCUT2D eigenvalue weighted by Crippen LogP contribution is -1.94. The van der Waals surface area contributed by atoms with E-state index in [4.69, 9.17) is 0 Å². The smallest absolute Gasteiger partial charge is 0.159 e. The van der Waals surface area contributed by atoms with Crippen molar-refractivity contribution in [2.75, 3.05) is 0 Å². The summed E-state index contributed by atoms with van der Waals surface area (Å²) in [6.07, 6.45) is 15.7. The molecule has 0 bridgehead atoms. The third-order valence-corrected chi connectivity index (χ3v) is 4.61. The molecule has 0 atom stereocenters. The molecule has 2 aliphatic rings. The van der Waals surface area contributed by atoms with E-state index in [1.54, 1.807) is 0 Å². The molecule has 0 amide bonds. The van der Waals surface area contributed by atoms with E-state index in [0.29, 0.717) is 11.6 Å². The maximum absolute atomic E-state index is 11.3. The lowest BCUT2D eigenvalue weighted by molar-refractivity contribution is -0.115. The van der Waals surface area contributed by atoms with Crippen LogP contribution in [0.5, 0.6) is 0 Å². The van der Waals surface area contributed by atoms with Crippen LogP contribution in [0.3, 0.4) is 0 Å². The van der Waals surface area contributed by atoms with Gasteiger partial charge in [-0.05, 0) is 63.5 Å². The van der Waals surface area contributed by atoms with Crippen molar-refractivity contribution in [1.82, 2.24) is 0 Å². The molecule has 0 N–H and O–H groups in total. The first-order valence-electron chi connectivity index (χ1n) is 9.24. The first-order valence-corrected chi connectivity index (χ1v) is 9.24. The Kier molecular flexibility index (Phi) is 9.29. The minimum Gasteiger partial charge on any atom is -0.295 e. The molecule has 2 heteroatoms. The Labute approximate surface area is 147 Å². The fraction of sp³-hybridized carbons (Fsp3) is 0.545. The molecule has 0 aromatic rings. The summed E-state index contributed by atoms with van der Waals surface area (Å²) >= 11 is 0. The Morgan fingerprint density at radius 3 is 1.29 bits per heavy atom. The van der Waals surface area contributed by atoms with Gasteiger partial charge in [-0.2, -0.15) is 0 Å². The molecular formula is C22H32O2. The van der Waals surface area contributed by atoms with Gasteiger partial charge in [0.1, 0.15) is 0 Å². The zero-order valence-corrected chi connectivity index (χ0v) is 15.8. The standard InChI is InChI=1S/2C11H16O/c2*1-3-4-5-6-10-9(2)7-8-11(10)12/h2*4-5H,3,6-8H2,1-2H3/b2*5-4+. The second-order valence-corrected chi connectivity index (χ2v) is 6.53. The largest absolute Gasteiger partial charge is 0.295 e. The van der Waals surface area contributed by atoms with Crippen molar-refractivity contribution in [3.05, 3.63) is 46.6 Å². The van der Waals surface area contributed by atoms with Gasteiger partial charge in [-0.25, -0.2) is 0 Å². The number of ketones is 2. The Bertz CT molecular complexity index is 519. The summed E-state index contributed by atoms with van der Waals surface area (Å²) in [5.74, 6) is 0.710. The number of carbonyl (C=O) groups is 2. The molecule has 132 valence electrons. The maximum atomic E-state index is 11.3. The van der Waals surface area contributed by atoms with Crippen molar-refractivity contribution in [2.45, 2.75) is 79.1 Å². The molecule has 0 radical (unpaired) electrons.